The average Bonchev–Trinajstić information content (AvgIpc) is 2.55. The van der Waals surface area contributed by atoms with Crippen molar-refractivity contribution in [1.29, 1.82) is 0 Å². The Bertz CT molecular complexity index is 772. The van der Waals surface area contributed by atoms with E-state index in [9.17, 15) is 8.42 Å². The first kappa shape index (κ1) is 14.6. The molecule has 114 valence electrons. The molecule has 0 amide bonds. The molecule has 5 nitrogen and oxygen atoms in total. The summed E-state index contributed by atoms with van der Waals surface area (Å²) in [6, 6.07) is 18.1. The molecule has 2 atom stereocenters. The second-order valence-corrected chi connectivity index (χ2v) is 6.58. The molecule has 0 aromatic heterocycles. The maximum Gasteiger partial charge on any atom is 0.399 e. The highest BCUT2D eigenvalue weighted by molar-refractivity contribution is 7.90. The number of rotatable bonds is 2. The van der Waals surface area contributed by atoms with Gasteiger partial charge in [-0.2, -0.15) is 0 Å². The van der Waals surface area contributed by atoms with Crippen molar-refractivity contribution >= 4 is 16.1 Å². The minimum absolute atomic E-state index is 0.235. The van der Waals surface area contributed by atoms with Gasteiger partial charge in [0.1, 0.15) is 5.25 Å². The van der Waals surface area contributed by atoms with E-state index < -0.39 is 21.4 Å². The van der Waals surface area contributed by atoms with Crippen LogP contribution in [0.2, 0.25) is 0 Å². The van der Waals surface area contributed by atoms with Crippen molar-refractivity contribution in [3.05, 3.63) is 71.8 Å². The van der Waals surface area contributed by atoms with Crippen LogP contribution < -0.4 is 0 Å². The summed E-state index contributed by atoms with van der Waals surface area (Å²) >= 11 is 0. The number of hydrogen-bond acceptors (Lipinski definition) is 4. The SMILES string of the molecule is COC1=NS(=O)(=O)[C@H](c2ccccc2)[C@H](c2ccccc2)O1. The van der Waals surface area contributed by atoms with Gasteiger partial charge in [0.2, 0.25) is 0 Å². The van der Waals surface area contributed by atoms with E-state index in [1.54, 1.807) is 24.3 Å². The fourth-order valence-corrected chi connectivity index (χ4v) is 3.93. The van der Waals surface area contributed by atoms with Gasteiger partial charge >= 0.3 is 6.08 Å². The van der Waals surface area contributed by atoms with Crippen LogP contribution in [-0.4, -0.2) is 21.6 Å². The smallest absolute Gasteiger partial charge is 0.399 e. The first-order valence-electron chi connectivity index (χ1n) is 6.76. The van der Waals surface area contributed by atoms with Crippen molar-refractivity contribution in [2.45, 2.75) is 11.4 Å². The fraction of sp³-hybridized carbons (Fsp3) is 0.188. The van der Waals surface area contributed by atoms with Crippen LogP contribution in [-0.2, 0) is 19.5 Å². The van der Waals surface area contributed by atoms with Gasteiger partial charge in [0.05, 0.1) is 7.11 Å². The largest absolute Gasteiger partial charge is 0.453 e. The molecule has 1 aliphatic rings. The minimum Gasteiger partial charge on any atom is -0.453 e. The lowest BCUT2D eigenvalue weighted by Gasteiger charge is -2.30. The first-order valence-corrected chi connectivity index (χ1v) is 8.26. The predicted molar refractivity (Wildman–Crippen MR) is 82.8 cm³/mol. The highest BCUT2D eigenvalue weighted by Crippen LogP contribution is 2.42. The van der Waals surface area contributed by atoms with Gasteiger partial charge in [-0.15, -0.1) is 0 Å². The molecule has 1 heterocycles. The van der Waals surface area contributed by atoms with Crippen LogP contribution in [0, 0.1) is 0 Å². The van der Waals surface area contributed by atoms with Crippen molar-refractivity contribution in [3.63, 3.8) is 0 Å². The Morgan fingerprint density at radius 2 is 1.50 bits per heavy atom. The van der Waals surface area contributed by atoms with Crippen molar-refractivity contribution in [1.82, 2.24) is 0 Å². The lowest BCUT2D eigenvalue weighted by atomic mass is 10.0. The Balaban J connectivity index is 2.15. The molecule has 0 fully saturated rings. The molecule has 3 rings (SSSR count). The third-order valence-electron chi connectivity index (χ3n) is 3.46. The van der Waals surface area contributed by atoms with Crippen LogP contribution in [0.25, 0.3) is 0 Å². The van der Waals surface area contributed by atoms with E-state index in [1.807, 2.05) is 36.4 Å². The van der Waals surface area contributed by atoms with Crippen molar-refractivity contribution in [3.8, 4) is 0 Å². The molecule has 0 spiro atoms. The maximum absolute atomic E-state index is 12.6. The Kier molecular flexibility index (Phi) is 3.85. The van der Waals surface area contributed by atoms with Gasteiger partial charge in [-0.3, -0.25) is 0 Å². The molecular formula is C16H15NO4S. The quantitative estimate of drug-likeness (QED) is 0.854. The number of methoxy groups -OCH3 is 1. The normalized spacial score (nSPS) is 23.2. The lowest BCUT2D eigenvalue weighted by molar-refractivity contribution is 0.116. The van der Waals surface area contributed by atoms with E-state index in [2.05, 4.69) is 4.40 Å². The standard InChI is InChI=1S/C16H15NO4S/c1-20-16-17-22(18,19)15(13-10-6-3-7-11-13)14(21-16)12-8-4-2-5-9-12/h2-11,14-15H,1H3/t14-,15+/m0/s1. The van der Waals surface area contributed by atoms with Crippen molar-refractivity contribution < 1.29 is 17.9 Å². The van der Waals surface area contributed by atoms with Gasteiger partial charge in [-0.25, -0.2) is 8.42 Å². The zero-order valence-corrected chi connectivity index (χ0v) is 12.7. The average molecular weight is 317 g/mol. The van der Waals surface area contributed by atoms with Gasteiger partial charge in [0, 0.05) is 0 Å². The zero-order valence-electron chi connectivity index (χ0n) is 11.9. The van der Waals surface area contributed by atoms with E-state index in [0.717, 1.165) is 5.56 Å². The Morgan fingerprint density at radius 1 is 0.955 bits per heavy atom. The molecule has 2 aromatic carbocycles. The molecule has 0 N–H and O–H groups in total. The molecule has 22 heavy (non-hydrogen) atoms. The van der Waals surface area contributed by atoms with Gasteiger partial charge in [0.15, 0.2) is 6.10 Å². The summed E-state index contributed by atoms with van der Waals surface area (Å²) in [7, 11) is -2.46. The molecule has 0 aliphatic carbocycles. The zero-order chi connectivity index (χ0) is 15.6. The second-order valence-electron chi connectivity index (χ2n) is 4.86. The third-order valence-corrected chi connectivity index (χ3v) is 5.02. The summed E-state index contributed by atoms with van der Waals surface area (Å²) in [5.41, 5.74) is 1.39. The molecule has 0 saturated heterocycles. The first-order chi connectivity index (χ1) is 10.6. The van der Waals surface area contributed by atoms with Crippen LogP contribution in [0.15, 0.2) is 65.1 Å². The van der Waals surface area contributed by atoms with Gasteiger partial charge in [-0.05, 0) is 11.1 Å². The van der Waals surface area contributed by atoms with Crippen LogP contribution in [0.5, 0.6) is 0 Å². The Labute approximate surface area is 129 Å². The number of sulfonamides is 1. The van der Waals surface area contributed by atoms with E-state index >= 15 is 0 Å². The van der Waals surface area contributed by atoms with E-state index in [-0.39, 0.29) is 6.08 Å². The molecule has 6 heteroatoms. The molecule has 2 aromatic rings. The lowest BCUT2D eigenvalue weighted by Crippen LogP contribution is -2.30. The molecular weight excluding hydrogens is 302 g/mol. The highest BCUT2D eigenvalue weighted by atomic mass is 32.2. The van der Waals surface area contributed by atoms with Gasteiger partial charge < -0.3 is 9.47 Å². The minimum atomic E-state index is -3.80. The molecule has 1 aliphatic heterocycles. The summed E-state index contributed by atoms with van der Waals surface area (Å²) in [4.78, 5) is 0. The number of nitrogens with zero attached hydrogens (tertiary/aromatic N) is 1. The third kappa shape index (κ3) is 2.69. The predicted octanol–water partition coefficient (Wildman–Crippen LogP) is 2.83. The number of hydrogen-bond donors (Lipinski definition) is 0. The van der Waals surface area contributed by atoms with Crippen LogP contribution in [0.1, 0.15) is 22.5 Å². The Hall–Kier alpha value is -2.34. The topological polar surface area (TPSA) is 65.0 Å². The molecule has 0 bridgehead atoms. The van der Waals surface area contributed by atoms with Crippen LogP contribution >= 0.6 is 0 Å². The van der Waals surface area contributed by atoms with Gasteiger partial charge in [0.25, 0.3) is 10.0 Å². The molecule has 0 radical (unpaired) electrons. The Morgan fingerprint density at radius 3 is 2.05 bits per heavy atom. The van der Waals surface area contributed by atoms with Crippen molar-refractivity contribution in [2.24, 2.45) is 4.40 Å². The molecule has 0 unspecified atom stereocenters. The van der Waals surface area contributed by atoms with E-state index in [4.69, 9.17) is 9.47 Å². The summed E-state index contributed by atoms with van der Waals surface area (Å²) in [5, 5.41) is -0.907. The fourth-order valence-electron chi connectivity index (χ4n) is 2.47. The highest BCUT2D eigenvalue weighted by Gasteiger charge is 2.42. The summed E-state index contributed by atoms with van der Waals surface area (Å²) < 4.78 is 39.4. The molecule has 0 saturated carbocycles. The maximum atomic E-state index is 12.6. The van der Waals surface area contributed by atoms with E-state index in [0.29, 0.717) is 5.56 Å². The monoisotopic (exact) mass is 317 g/mol. The van der Waals surface area contributed by atoms with Gasteiger partial charge in [-0.1, -0.05) is 65.1 Å². The van der Waals surface area contributed by atoms with Crippen LogP contribution in [0.4, 0.5) is 0 Å². The second kappa shape index (κ2) is 5.81. The summed E-state index contributed by atoms with van der Waals surface area (Å²) in [5.74, 6) is 0. The number of benzene rings is 2. The summed E-state index contributed by atoms with van der Waals surface area (Å²) in [6.07, 6.45) is -0.943. The summed E-state index contributed by atoms with van der Waals surface area (Å²) in [6.45, 7) is 0. The van der Waals surface area contributed by atoms with Crippen LogP contribution in [0.3, 0.4) is 0 Å². The van der Waals surface area contributed by atoms with E-state index in [1.165, 1.54) is 7.11 Å². The number of ether oxygens (including phenoxy) is 2. The van der Waals surface area contributed by atoms with Crippen molar-refractivity contribution in [2.75, 3.05) is 7.11 Å².